The molecular weight excluding hydrogens is 797 g/mol. The molecule has 1 heterocycles. The fraction of sp³-hybridized carbons (Fsp3) is 0.0625. The second-order valence-corrected chi connectivity index (χ2v) is 18.4. The lowest BCUT2D eigenvalue weighted by Crippen LogP contribution is -2.29. The molecule has 0 atom stereocenters. The van der Waals surface area contributed by atoms with Crippen molar-refractivity contribution in [3.8, 4) is 67.3 Å². The molecule has 1 aromatic heterocycles. The lowest BCUT2D eigenvalue weighted by molar-refractivity contribution is 0.662. The Morgan fingerprint density at radius 1 is 0.333 bits per heavy atom. The van der Waals surface area contributed by atoms with Crippen LogP contribution < -0.4 is 0 Å². The molecule has 0 amide bonds. The molecule has 2 nitrogen and oxygen atoms in total. The van der Waals surface area contributed by atoms with Gasteiger partial charge in [0, 0.05) is 22.1 Å². The van der Waals surface area contributed by atoms with E-state index in [9.17, 15) is 0 Å². The van der Waals surface area contributed by atoms with E-state index in [1.807, 2.05) is 0 Å². The van der Waals surface area contributed by atoms with Crippen LogP contribution in [0.1, 0.15) is 47.2 Å². The van der Waals surface area contributed by atoms with Gasteiger partial charge in [0.05, 0.1) is 16.8 Å². The largest absolute Gasteiger partial charge is 0.228 e. The van der Waals surface area contributed by atoms with E-state index in [0.717, 1.165) is 33.5 Å². The standard InChI is InChI=1S/C64H44N2/c1-63(2)56-39-36-41-20-12-13-27-45(41)59(56)54-34-19-31-51(60(54)63)48-37-38-50(47-29-15-14-28-46(47)48)57-40-58(66-62(65-57)42-21-6-3-7-22-42)53-33-18-32-52-49-30-16-17-35-55(49)64(61(52)53,43-23-8-4-9-24-43)44-25-10-5-11-26-44/h3-40H,1-2H3. The summed E-state index contributed by atoms with van der Waals surface area (Å²) in [7, 11) is 0. The number of benzene rings is 10. The molecule has 0 radical (unpaired) electrons. The van der Waals surface area contributed by atoms with Crippen LogP contribution in [0.3, 0.4) is 0 Å². The molecule has 0 aliphatic heterocycles. The van der Waals surface area contributed by atoms with Crippen molar-refractivity contribution in [3.05, 3.63) is 264 Å². The summed E-state index contributed by atoms with van der Waals surface area (Å²) in [5.41, 5.74) is 19.5. The van der Waals surface area contributed by atoms with Crippen molar-refractivity contribution in [2.75, 3.05) is 0 Å². The van der Waals surface area contributed by atoms with Crippen molar-refractivity contribution in [3.63, 3.8) is 0 Å². The lowest BCUT2D eigenvalue weighted by atomic mass is 9.66. The number of rotatable bonds is 6. The molecule has 2 aliphatic rings. The highest BCUT2D eigenvalue weighted by Gasteiger charge is 2.48. The van der Waals surface area contributed by atoms with Gasteiger partial charge in [-0.15, -0.1) is 0 Å². The number of hydrogen-bond acceptors (Lipinski definition) is 2. The van der Waals surface area contributed by atoms with Gasteiger partial charge in [-0.3, -0.25) is 0 Å². The molecule has 11 aromatic rings. The van der Waals surface area contributed by atoms with Gasteiger partial charge >= 0.3 is 0 Å². The predicted octanol–water partition coefficient (Wildman–Crippen LogP) is 16.1. The molecule has 66 heavy (non-hydrogen) atoms. The molecule has 0 saturated carbocycles. The third-order valence-corrected chi connectivity index (χ3v) is 14.6. The normalized spacial score (nSPS) is 13.8. The zero-order valence-electron chi connectivity index (χ0n) is 36.8. The SMILES string of the molecule is CC1(C)c2ccc3ccccc3c2-c2cccc(-c3ccc(-c4cc(-c5cccc6c5C(c5ccccc5)(c5ccccc5)c5ccccc5-6)nc(-c5ccccc5)n4)c4ccccc34)c21. The third-order valence-electron chi connectivity index (χ3n) is 14.6. The first-order valence-corrected chi connectivity index (χ1v) is 23.0. The van der Waals surface area contributed by atoms with E-state index in [2.05, 4.69) is 244 Å². The first kappa shape index (κ1) is 38.3. The van der Waals surface area contributed by atoms with Gasteiger partial charge in [-0.05, 0) is 94.4 Å². The minimum absolute atomic E-state index is 0.193. The fourth-order valence-corrected chi connectivity index (χ4v) is 11.8. The number of hydrogen-bond donors (Lipinski definition) is 0. The van der Waals surface area contributed by atoms with E-state index in [4.69, 9.17) is 9.97 Å². The highest BCUT2D eigenvalue weighted by molar-refractivity contribution is 6.09. The van der Waals surface area contributed by atoms with Crippen molar-refractivity contribution in [1.82, 2.24) is 9.97 Å². The Labute approximate surface area is 385 Å². The average molecular weight is 841 g/mol. The molecule has 10 aromatic carbocycles. The van der Waals surface area contributed by atoms with Crippen molar-refractivity contribution in [2.24, 2.45) is 0 Å². The molecule has 0 spiro atoms. The molecule has 0 saturated heterocycles. The third kappa shape index (κ3) is 5.48. The fourth-order valence-electron chi connectivity index (χ4n) is 11.8. The number of nitrogens with zero attached hydrogens (tertiary/aromatic N) is 2. The van der Waals surface area contributed by atoms with E-state index in [1.54, 1.807) is 0 Å². The summed E-state index contributed by atoms with van der Waals surface area (Å²) in [5, 5.41) is 4.94. The monoisotopic (exact) mass is 840 g/mol. The van der Waals surface area contributed by atoms with Gasteiger partial charge in [-0.25, -0.2) is 9.97 Å². The lowest BCUT2D eigenvalue weighted by Gasteiger charge is -2.35. The Hall–Kier alpha value is -8.20. The van der Waals surface area contributed by atoms with Gasteiger partial charge in [-0.2, -0.15) is 0 Å². The minimum atomic E-state index is -0.590. The molecule has 2 aliphatic carbocycles. The summed E-state index contributed by atoms with van der Waals surface area (Å²) in [5.74, 6) is 0.696. The summed E-state index contributed by atoms with van der Waals surface area (Å²) in [6, 6.07) is 84.3. The number of aromatic nitrogens is 2. The van der Waals surface area contributed by atoms with Crippen LogP contribution in [0.2, 0.25) is 0 Å². The van der Waals surface area contributed by atoms with E-state index < -0.39 is 5.41 Å². The molecule has 0 N–H and O–H groups in total. The van der Waals surface area contributed by atoms with Gasteiger partial charge < -0.3 is 0 Å². The molecule has 310 valence electrons. The Kier molecular flexibility index (Phi) is 8.51. The van der Waals surface area contributed by atoms with Crippen LogP contribution in [0.5, 0.6) is 0 Å². The molecule has 0 fully saturated rings. The van der Waals surface area contributed by atoms with Crippen LogP contribution in [0.25, 0.3) is 88.8 Å². The maximum atomic E-state index is 5.52. The smallest absolute Gasteiger partial charge is 0.160 e. The van der Waals surface area contributed by atoms with E-state index >= 15 is 0 Å². The molecular formula is C64H44N2. The zero-order chi connectivity index (χ0) is 44.0. The highest BCUT2D eigenvalue weighted by Crippen LogP contribution is 2.59. The van der Waals surface area contributed by atoms with Gasteiger partial charge in [0.15, 0.2) is 5.82 Å². The Bertz CT molecular complexity index is 3680. The van der Waals surface area contributed by atoms with Crippen LogP contribution in [0, 0.1) is 0 Å². The maximum absolute atomic E-state index is 5.52. The zero-order valence-corrected chi connectivity index (χ0v) is 36.8. The van der Waals surface area contributed by atoms with Crippen LogP contribution >= 0.6 is 0 Å². The second kappa shape index (κ2) is 14.7. The first-order chi connectivity index (χ1) is 32.5. The summed E-state index contributed by atoms with van der Waals surface area (Å²) >= 11 is 0. The van der Waals surface area contributed by atoms with Gasteiger partial charge in [0.2, 0.25) is 0 Å². The van der Waals surface area contributed by atoms with Crippen LogP contribution in [0.4, 0.5) is 0 Å². The van der Waals surface area contributed by atoms with Crippen molar-refractivity contribution in [1.29, 1.82) is 0 Å². The first-order valence-electron chi connectivity index (χ1n) is 23.0. The van der Waals surface area contributed by atoms with E-state index in [0.29, 0.717) is 5.82 Å². The number of fused-ring (bicyclic) bond motifs is 9. The summed E-state index contributed by atoms with van der Waals surface area (Å²) in [6.45, 7) is 4.78. The van der Waals surface area contributed by atoms with Crippen LogP contribution in [-0.4, -0.2) is 9.97 Å². The average Bonchev–Trinajstić information content (AvgIpc) is 3.83. The summed E-state index contributed by atoms with van der Waals surface area (Å²) in [4.78, 5) is 11.0. The van der Waals surface area contributed by atoms with Gasteiger partial charge in [0.1, 0.15) is 0 Å². The Morgan fingerprint density at radius 2 is 0.848 bits per heavy atom. The molecule has 0 bridgehead atoms. The quantitative estimate of drug-likeness (QED) is 0.167. The molecule has 0 unspecified atom stereocenters. The van der Waals surface area contributed by atoms with E-state index in [-0.39, 0.29) is 5.41 Å². The van der Waals surface area contributed by atoms with Gasteiger partial charge in [0.25, 0.3) is 0 Å². The molecule has 2 heteroatoms. The summed E-state index contributed by atoms with van der Waals surface area (Å²) < 4.78 is 0. The highest BCUT2D eigenvalue weighted by atomic mass is 14.9. The van der Waals surface area contributed by atoms with Crippen LogP contribution in [-0.2, 0) is 10.8 Å². The minimum Gasteiger partial charge on any atom is -0.228 e. The van der Waals surface area contributed by atoms with Crippen LogP contribution in [0.15, 0.2) is 231 Å². The topological polar surface area (TPSA) is 25.8 Å². The van der Waals surface area contributed by atoms with Crippen molar-refractivity contribution in [2.45, 2.75) is 24.7 Å². The maximum Gasteiger partial charge on any atom is 0.160 e. The predicted molar refractivity (Wildman–Crippen MR) is 274 cm³/mol. The van der Waals surface area contributed by atoms with Gasteiger partial charge in [-0.1, -0.05) is 238 Å². The van der Waals surface area contributed by atoms with Crippen molar-refractivity contribution < 1.29 is 0 Å². The Balaban J connectivity index is 1.05. The summed E-state index contributed by atoms with van der Waals surface area (Å²) in [6.07, 6.45) is 0. The molecule has 13 rings (SSSR count). The van der Waals surface area contributed by atoms with E-state index in [1.165, 1.54) is 82.9 Å². The second-order valence-electron chi connectivity index (χ2n) is 18.4. The van der Waals surface area contributed by atoms with Crippen molar-refractivity contribution >= 4 is 21.5 Å². The Morgan fingerprint density at radius 3 is 1.56 bits per heavy atom.